The lowest BCUT2D eigenvalue weighted by molar-refractivity contribution is 0.0697. The fourth-order valence-corrected chi connectivity index (χ4v) is 4.25. The first kappa shape index (κ1) is 18.8. The Kier molecular flexibility index (Phi) is 4.94. The first-order valence-corrected chi connectivity index (χ1v) is 10.7. The second-order valence-electron chi connectivity index (χ2n) is 8.26. The predicted molar refractivity (Wildman–Crippen MR) is 115 cm³/mol. The number of piperidine rings is 1. The average molecular weight is 403 g/mol. The lowest BCUT2D eigenvalue weighted by atomic mass is 9.99. The van der Waals surface area contributed by atoms with E-state index in [1.165, 1.54) is 0 Å². The Labute approximate surface area is 176 Å². The molecule has 2 aromatic heterocycles. The number of nitrogens with zero attached hydrogens (tertiary/aromatic N) is 6. The van der Waals surface area contributed by atoms with Crippen LogP contribution in [0.2, 0.25) is 0 Å². The highest BCUT2D eigenvalue weighted by Crippen LogP contribution is 2.24. The molecule has 4 heterocycles. The Bertz CT molecular complexity index is 1020. The van der Waals surface area contributed by atoms with Crippen LogP contribution in [0.5, 0.6) is 0 Å². The molecule has 5 rings (SSSR count). The standard InChI is InChI=1S/C23H26N6O/c1-17-9-11-27(12-10-17)23(30)19-7-8-20(24-15-19)28-13-14-29-21(16-28)25-26-22(29)18-5-3-2-4-6-18/h2-8,15,17H,9-14,16H2,1H3. The van der Waals surface area contributed by atoms with Gasteiger partial charge in [0.1, 0.15) is 5.82 Å². The number of pyridine rings is 1. The Morgan fingerprint density at radius 3 is 2.50 bits per heavy atom. The van der Waals surface area contributed by atoms with Gasteiger partial charge in [0.15, 0.2) is 11.6 Å². The third kappa shape index (κ3) is 3.56. The first-order valence-electron chi connectivity index (χ1n) is 10.7. The summed E-state index contributed by atoms with van der Waals surface area (Å²) >= 11 is 0. The Hall–Kier alpha value is -3.22. The van der Waals surface area contributed by atoms with Crippen LogP contribution in [0.25, 0.3) is 11.4 Å². The lowest BCUT2D eigenvalue weighted by Crippen LogP contribution is -2.38. The van der Waals surface area contributed by atoms with Gasteiger partial charge in [0, 0.05) is 37.9 Å². The van der Waals surface area contributed by atoms with Gasteiger partial charge in [0.05, 0.1) is 12.1 Å². The van der Waals surface area contributed by atoms with Gasteiger partial charge in [-0.2, -0.15) is 0 Å². The highest BCUT2D eigenvalue weighted by Gasteiger charge is 2.24. The molecule has 2 aliphatic rings. The maximum atomic E-state index is 12.7. The molecule has 1 amide bonds. The topological polar surface area (TPSA) is 67.2 Å². The van der Waals surface area contributed by atoms with Gasteiger partial charge in [-0.1, -0.05) is 37.3 Å². The molecule has 0 unspecified atom stereocenters. The minimum Gasteiger partial charge on any atom is -0.347 e. The minimum atomic E-state index is 0.0897. The van der Waals surface area contributed by atoms with Gasteiger partial charge in [-0.25, -0.2) is 4.98 Å². The van der Waals surface area contributed by atoms with Crippen molar-refractivity contribution >= 4 is 11.7 Å². The molecule has 2 aliphatic heterocycles. The summed E-state index contributed by atoms with van der Waals surface area (Å²) in [6.45, 7) is 6.22. The van der Waals surface area contributed by atoms with Crippen molar-refractivity contribution in [2.75, 3.05) is 24.5 Å². The summed E-state index contributed by atoms with van der Waals surface area (Å²) in [5.41, 5.74) is 1.75. The van der Waals surface area contributed by atoms with Gasteiger partial charge in [-0.05, 0) is 30.9 Å². The molecule has 1 aromatic carbocycles. The second-order valence-corrected chi connectivity index (χ2v) is 8.26. The van der Waals surface area contributed by atoms with Crippen LogP contribution in [0.4, 0.5) is 5.82 Å². The number of carbonyl (C=O) groups is 1. The Balaban J connectivity index is 1.29. The van der Waals surface area contributed by atoms with Gasteiger partial charge in [0.2, 0.25) is 0 Å². The Morgan fingerprint density at radius 1 is 0.967 bits per heavy atom. The minimum absolute atomic E-state index is 0.0897. The van der Waals surface area contributed by atoms with Crippen molar-refractivity contribution in [1.82, 2.24) is 24.6 Å². The molecule has 0 saturated carbocycles. The lowest BCUT2D eigenvalue weighted by Gasteiger charge is -2.31. The van der Waals surface area contributed by atoms with Crippen LogP contribution in [0.1, 0.15) is 35.9 Å². The summed E-state index contributed by atoms with van der Waals surface area (Å²) in [5.74, 6) is 3.51. The summed E-state index contributed by atoms with van der Waals surface area (Å²) < 4.78 is 2.18. The van der Waals surface area contributed by atoms with Crippen molar-refractivity contribution in [2.45, 2.75) is 32.9 Å². The van der Waals surface area contributed by atoms with Crippen LogP contribution in [-0.2, 0) is 13.1 Å². The maximum absolute atomic E-state index is 12.7. The zero-order valence-corrected chi connectivity index (χ0v) is 17.2. The zero-order chi connectivity index (χ0) is 20.5. The quantitative estimate of drug-likeness (QED) is 0.673. The summed E-state index contributed by atoms with van der Waals surface area (Å²) in [7, 11) is 0. The van der Waals surface area contributed by atoms with E-state index >= 15 is 0 Å². The molecule has 0 atom stereocenters. The van der Waals surface area contributed by atoms with Crippen molar-refractivity contribution in [1.29, 1.82) is 0 Å². The molecule has 7 nitrogen and oxygen atoms in total. The van der Waals surface area contributed by atoms with Crippen LogP contribution >= 0.6 is 0 Å². The molecule has 0 spiro atoms. The molecule has 0 N–H and O–H groups in total. The van der Waals surface area contributed by atoms with E-state index in [0.717, 1.165) is 62.1 Å². The third-order valence-corrected chi connectivity index (χ3v) is 6.17. The fourth-order valence-electron chi connectivity index (χ4n) is 4.25. The SMILES string of the molecule is CC1CCN(C(=O)c2ccc(N3CCn4c(nnc4-c4ccccc4)C3)nc2)CC1. The molecular weight excluding hydrogens is 376 g/mol. The van der Waals surface area contributed by atoms with Crippen LogP contribution in [-0.4, -0.2) is 50.2 Å². The van der Waals surface area contributed by atoms with E-state index in [4.69, 9.17) is 0 Å². The van der Waals surface area contributed by atoms with Crippen molar-refractivity contribution in [3.05, 3.63) is 60.0 Å². The third-order valence-electron chi connectivity index (χ3n) is 6.17. The van der Waals surface area contributed by atoms with Gasteiger partial charge in [-0.15, -0.1) is 10.2 Å². The molecular formula is C23H26N6O. The number of hydrogen-bond donors (Lipinski definition) is 0. The van der Waals surface area contributed by atoms with Gasteiger partial charge in [-0.3, -0.25) is 4.79 Å². The van der Waals surface area contributed by atoms with E-state index in [1.807, 2.05) is 35.2 Å². The van der Waals surface area contributed by atoms with E-state index in [9.17, 15) is 4.79 Å². The number of fused-ring (bicyclic) bond motifs is 1. The zero-order valence-electron chi connectivity index (χ0n) is 17.2. The Morgan fingerprint density at radius 2 is 1.77 bits per heavy atom. The molecule has 0 aliphatic carbocycles. The maximum Gasteiger partial charge on any atom is 0.255 e. The largest absolute Gasteiger partial charge is 0.347 e. The van der Waals surface area contributed by atoms with Crippen molar-refractivity contribution in [3.8, 4) is 11.4 Å². The molecule has 154 valence electrons. The summed E-state index contributed by atoms with van der Waals surface area (Å²) in [4.78, 5) is 21.5. The number of aromatic nitrogens is 4. The van der Waals surface area contributed by atoms with E-state index in [-0.39, 0.29) is 5.91 Å². The van der Waals surface area contributed by atoms with E-state index < -0.39 is 0 Å². The number of anilines is 1. The summed E-state index contributed by atoms with van der Waals surface area (Å²) in [5, 5.41) is 8.81. The normalized spacial score (nSPS) is 17.1. The van der Waals surface area contributed by atoms with Crippen molar-refractivity contribution in [2.24, 2.45) is 5.92 Å². The number of benzene rings is 1. The van der Waals surface area contributed by atoms with Crippen LogP contribution in [0.3, 0.4) is 0 Å². The number of amides is 1. The molecule has 1 saturated heterocycles. The summed E-state index contributed by atoms with van der Waals surface area (Å²) in [6, 6.07) is 14.0. The van der Waals surface area contributed by atoms with E-state index in [0.29, 0.717) is 18.0 Å². The van der Waals surface area contributed by atoms with E-state index in [1.54, 1.807) is 6.20 Å². The van der Waals surface area contributed by atoms with Crippen LogP contribution in [0, 0.1) is 5.92 Å². The number of carbonyl (C=O) groups excluding carboxylic acids is 1. The van der Waals surface area contributed by atoms with Gasteiger partial charge < -0.3 is 14.4 Å². The number of likely N-dealkylation sites (tertiary alicyclic amines) is 1. The molecule has 7 heteroatoms. The van der Waals surface area contributed by atoms with Crippen molar-refractivity contribution < 1.29 is 4.79 Å². The number of rotatable bonds is 3. The highest BCUT2D eigenvalue weighted by atomic mass is 16.2. The summed E-state index contributed by atoms with van der Waals surface area (Å²) in [6.07, 6.45) is 3.87. The van der Waals surface area contributed by atoms with Crippen molar-refractivity contribution in [3.63, 3.8) is 0 Å². The molecule has 0 radical (unpaired) electrons. The number of hydrogen-bond acceptors (Lipinski definition) is 5. The first-order chi connectivity index (χ1) is 14.7. The van der Waals surface area contributed by atoms with Gasteiger partial charge >= 0.3 is 0 Å². The monoisotopic (exact) mass is 402 g/mol. The second kappa shape index (κ2) is 7.89. The van der Waals surface area contributed by atoms with Crippen LogP contribution in [0.15, 0.2) is 48.7 Å². The smallest absolute Gasteiger partial charge is 0.255 e. The fraction of sp³-hybridized carbons (Fsp3) is 0.391. The molecule has 0 bridgehead atoms. The predicted octanol–water partition coefficient (Wildman–Crippen LogP) is 3.23. The average Bonchev–Trinajstić information content (AvgIpc) is 3.23. The molecule has 3 aromatic rings. The van der Waals surface area contributed by atoms with Gasteiger partial charge in [0.25, 0.3) is 5.91 Å². The molecule has 30 heavy (non-hydrogen) atoms. The van der Waals surface area contributed by atoms with E-state index in [2.05, 4.69) is 43.7 Å². The highest BCUT2D eigenvalue weighted by molar-refractivity contribution is 5.94. The molecule has 1 fully saturated rings. The van der Waals surface area contributed by atoms with Crippen LogP contribution < -0.4 is 4.90 Å².